The lowest BCUT2D eigenvalue weighted by Crippen LogP contribution is -2.26. The van der Waals surface area contributed by atoms with E-state index in [1.165, 1.54) is 0 Å². The van der Waals surface area contributed by atoms with E-state index in [1.807, 2.05) is 53.0 Å². The van der Waals surface area contributed by atoms with E-state index < -0.39 is 0 Å². The van der Waals surface area contributed by atoms with Crippen LogP contribution < -0.4 is 5.32 Å². The molecule has 0 saturated carbocycles. The average Bonchev–Trinajstić information content (AvgIpc) is 3.28. The van der Waals surface area contributed by atoms with Crippen LogP contribution in [0.15, 0.2) is 55.6 Å². The minimum Gasteiger partial charge on any atom is -0.352 e. The first-order chi connectivity index (χ1) is 11.7. The van der Waals surface area contributed by atoms with E-state index in [4.69, 9.17) is 0 Å². The molecule has 0 saturated heterocycles. The minimum absolute atomic E-state index is 0.0509. The summed E-state index contributed by atoms with van der Waals surface area (Å²) in [6.45, 7) is 3.56. The number of carbonyl (C=O) groups excluding carboxylic acids is 1. The van der Waals surface area contributed by atoms with Crippen molar-refractivity contribution in [2.24, 2.45) is 0 Å². The van der Waals surface area contributed by atoms with Gasteiger partial charge >= 0.3 is 0 Å². The molecule has 0 unspecified atom stereocenters. The van der Waals surface area contributed by atoms with Crippen molar-refractivity contribution in [2.75, 3.05) is 6.54 Å². The number of hydrogen-bond acceptors (Lipinski definition) is 3. The van der Waals surface area contributed by atoms with Crippen molar-refractivity contribution in [3.63, 3.8) is 0 Å². The first-order valence-corrected chi connectivity index (χ1v) is 8.07. The Kier molecular flexibility index (Phi) is 5.05. The molecule has 0 fully saturated rings. The van der Waals surface area contributed by atoms with Gasteiger partial charge in [0.15, 0.2) is 0 Å². The predicted octanol–water partition coefficient (Wildman–Crippen LogP) is 2.59. The second-order valence-corrected chi connectivity index (χ2v) is 5.75. The van der Waals surface area contributed by atoms with Crippen molar-refractivity contribution < 1.29 is 4.79 Å². The molecule has 3 rings (SSSR count). The van der Waals surface area contributed by atoms with Gasteiger partial charge in [0.2, 0.25) is 0 Å². The minimum atomic E-state index is -0.0509. The van der Waals surface area contributed by atoms with Gasteiger partial charge in [0.05, 0.1) is 23.9 Å². The molecule has 6 heteroatoms. The van der Waals surface area contributed by atoms with Gasteiger partial charge in [-0.3, -0.25) is 4.79 Å². The molecule has 1 N–H and O–H groups in total. The summed E-state index contributed by atoms with van der Waals surface area (Å²) in [6.07, 6.45) is 12.7. The fraction of sp³-hybridized carbons (Fsp3) is 0.278. The van der Waals surface area contributed by atoms with Crippen molar-refractivity contribution >= 4 is 5.91 Å². The van der Waals surface area contributed by atoms with Crippen LogP contribution in [0.25, 0.3) is 5.69 Å². The molecule has 0 atom stereocenters. The van der Waals surface area contributed by atoms with Gasteiger partial charge in [0.25, 0.3) is 5.91 Å². The van der Waals surface area contributed by atoms with Gasteiger partial charge in [0.1, 0.15) is 0 Å². The number of nitrogens with zero attached hydrogens (tertiary/aromatic N) is 4. The standard InChI is InChI=1S/C18H21N5O/c1-15-4-5-17(23-11-8-20-14-23)16(12-15)18(24)21-6-2-3-9-22-10-7-19-13-22/h4-5,7-8,10-14H,2-3,6,9H2,1H3,(H,21,24). The molecular formula is C18H21N5O. The van der Waals surface area contributed by atoms with Crippen LogP contribution in [0.4, 0.5) is 0 Å². The summed E-state index contributed by atoms with van der Waals surface area (Å²) >= 11 is 0. The van der Waals surface area contributed by atoms with Gasteiger partial charge in [0, 0.05) is 37.9 Å². The topological polar surface area (TPSA) is 64.7 Å². The van der Waals surface area contributed by atoms with Crippen LogP contribution in [-0.2, 0) is 6.54 Å². The second kappa shape index (κ2) is 7.59. The summed E-state index contributed by atoms with van der Waals surface area (Å²) in [6, 6.07) is 5.86. The molecule has 2 aromatic heterocycles. The Morgan fingerprint density at radius 3 is 2.71 bits per heavy atom. The number of benzene rings is 1. The lowest BCUT2D eigenvalue weighted by atomic mass is 10.1. The largest absolute Gasteiger partial charge is 0.352 e. The third-order valence-electron chi connectivity index (χ3n) is 3.87. The van der Waals surface area contributed by atoms with Crippen LogP contribution in [0, 0.1) is 6.92 Å². The highest BCUT2D eigenvalue weighted by Gasteiger charge is 2.12. The maximum Gasteiger partial charge on any atom is 0.253 e. The summed E-state index contributed by atoms with van der Waals surface area (Å²) in [5.41, 5.74) is 2.57. The van der Waals surface area contributed by atoms with E-state index in [0.29, 0.717) is 12.1 Å². The maximum absolute atomic E-state index is 12.5. The summed E-state index contributed by atoms with van der Waals surface area (Å²) in [5, 5.41) is 3.01. The van der Waals surface area contributed by atoms with Gasteiger partial charge in [-0.05, 0) is 31.9 Å². The van der Waals surface area contributed by atoms with Gasteiger partial charge in [-0.25, -0.2) is 9.97 Å². The van der Waals surface area contributed by atoms with E-state index in [1.54, 1.807) is 18.7 Å². The van der Waals surface area contributed by atoms with E-state index in [2.05, 4.69) is 15.3 Å². The summed E-state index contributed by atoms with van der Waals surface area (Å²) in [4.78, 5) is 20.6. The highest BCUT2D eigenvalue weighted by molar-refractivity contribution is 5.98. The Morgan fingerprint density at radius 1 is 1.12 bits per heavy atom. The highest BCUT2D eigenvalue weighted by Crippen LogP contribution is 2.16. The zero-order valence-electron chi connectivity index (χ0n) is 13.7. The molecule has 0 aliphatic rings. The number of nitrogens with one attached hydrogen (secondary N) is 1. The lowest BCUT2D eigenvalue weighted by Gasteiger charge is -2.12. The molecule has 0 spiro atoms. The van der Waals surface area contributed by atoms with Crippen LogP contribution >= 0.6 is 0 Å². The number of aromatic nitrogens is 4. The van der Waals surface area contributed by atoms with Crippen LogP contribution in [-0.4, -0.2) is 31.6 Å². The predicted molar refractivity (Wildman–Crippen MR) is 92.1 cm³/mol. The number of amides is 1. The molecular weight excluding hydrogens is 302 g/mol. The molecule has 1 amide bonds. The number of carbonyl (C=O) groups is 1. The number of imidazole rings is 2. The van der Waals surface area contributed by atoms with Gasteiger partial charge in [-0.1, -0.05) is 11.6 Å². The Morgan fingerprint density at radius 2 is 1.96 bits per heavy atom. The molecule has 0 aliphatic carbocycles. The zero-order valence-corrected chi connectivity index (χ0v) is 13.7. The first kappa shape index (κ1) is 16.0. The van der Waals surface area contributed by atoms with E-state index in [9.17, 15) is 4.79 Å². The molecule has 0 bridgehead atoms. The molecule has 0 aliphatic heterocycles. The Hall–Kier alpha value is -2.89. The summed E-state index contributed by atoms with van der Waals surface area (Å²) < 4.78 is 3.90. The fourth-order valence-corrected chi connectivity index (χ4v) is 2.59. The Labute approximate surface area is 141 Å². The zero-order chi connectivity index (χ0) is 16.8. The SMILES string of the molecule is Cc1ccc(-n2ccnc2)c(C(=O)NCCCCn2ccnc2)c1. The average molecular weight is 323 g/mol. The third kappa shape index (κ3) is 3.90. The Bertz CT molecular complexity index is 778. The first-order valence-electron chi connectivity index (χ1n) is 8.07. The van der Waals surface area contributed by atoms with Crippen LogP contribution in [0.2, 0.25) is 0 Å². The monoisotopic (exact) mass is 323 g/mol. The van der Waals surface area contributed by atoms with E-state index in [-0.39, 0.29) is 5.91 Å². The van der Waals surface area contributed by atoms with E-state index in [0.717, 1.165) is 30.6 Å². The van der Waals surface area contributed by atoms with Gasteiger partial charge < -0.3 is 14.5 Å². The quantitative estimate of drug-likeness (QED) is 0.680. The number of rotatable bonds is 7. The maximum atomic E-state index is 12.5. The van der Waals surface area contributed by atoms with Gasteiger partial charge in [-0.15, -0.1) is 0 Å². The molecule has 124 valence electrons. The Balaban J connectivity index is 1.57. The normalized spacial score (nSPS) is 10.7. The van der Waals surface area contributed by atoms with Crippen molar-refractivity contribution in [2.45, 2.75) is 26.3 Å². The number of unbranched alkanes of at least 4 members (excludes halogenated alkanes) is 1. The van der Waals surface area contributed by atoms with Crippen molar-refractivity contribution in [1.29, 1.82) is 0 Å². The molecule has 2 heterocycles. The smallest absolute Gasteiger partial charge is 0.253 e. The van der Waals surface area contributed by atoms with Crippen LogP contribution in [0.5, 0.6) is 0 Å². The molecule has 3 aromatic rings. The lowest BCUT2D eigenvalue weighted by molar-refractivity contribution is 0.0953. The van der Waals surface area contributed by atoms with E-state index >= 15 is 0 Å². The number of hydrogen-bond donors (Lipinski definition) is 1. The van der Waals surface area contributed by atoms with Crippen LogP contribution in [0.3, 0.4) is 0 Å². The van der Waals surface area contributed by atoms with Crippen molar-refractivity contribution in [1.82, 2.24) is 24.4 Å². The summed E-state index contributed by atoms with van der Waals surface area (Å²) in [7, 11) is 0. The third-order valence-corrected chi connectivity index (χ3v) is 3.87. The number of aryl methyl sites for hydroxylation is 2. The molecule has 6 nitrogen and oxygen atoms in total. The highest BCUT2D eigenvalue weighted by atomic mass is 16.1. The van der Waals surface area contributed by atoms with Crippen LogP contribution in [0.1, 0.15) is 28.8 Å². The van der Waals surface area contributed by atoms with Crippen molar-refractivity contribution in [3.05, 3.63) is 66.8 Å². The van der Waals surface area contributed by atoms with Crippen molar-refractivity contribution in [3.8, 4) is 5.69 Å². The van der Waals surface area contributed by atoms with Gasteiger partial charge in [-0.2, -0.15) is 0 Å². The molecule has 0 radical (unpaired) electrons. The molecule has 1 aromatic carbocycles. The fourth-order valence-electron chi connectivity index (χ4n) is 2.59. The second-order valence-electron chi connectivity index (χ2n) is 5.75. The molecule has 24 heavy (non-hydrogen) atoms. The summed E-state index contributed by atoms with van der Waals surface area (Å²) in [5.74, 6) is -0.0509.